The van der Waals surface area contributed by atoms with Crippen LogP contribution < -0.4 is 11.1 Å². The van der Waals surface area contributed by atoms with Gasteiger partial charge in [0.1, 0.15) is 0 Å². The van der Waals surface area contributed by atoms with Crippen LogP contribution in [0, 0.1) is 0 Å². The molecule has 0 saturated carbocycles. The summed E-state index contributed by atoms with van der Waals surface area (Å²) in [5, 5.41) is 1.83. The maximum atomic E-state index is 11.5. The normalized spacial score (nSPS) is 11.9. The predicted octanol–water partition coefficient (Wildman–Crippen LogP) is 1.55. The summed E-state index contributed by atoms with van der Waals surface area (Å²) >= 11 is 1.62. The molecule has 21 heavy (non-hydrogen) atoms. The van der Waals surface area contributed by atoms with Crippen LogP contribution in [0.15, 0.2) is 35.2 Å². The number of urea groups is 1. The largest absolute Gasteiger partial charge is 0.449 e. The number of imide groups is 1. The molecule has 6 nitrogen and oxygen atoms in total. The summed E-state index contributed by atoms with van der Waals surface area (Å²) in [6.07, 6.45) is 3.65. The number of ether oxygens (including phenoxy) is 1. The minimum absolute atomic E-state index is 0.684. The zero-order valence-corrected chi connectivity index (χ0v) is 12.5. The Bertz CT molecular complexity index is 555. The van der Waals surface area contributed by atoms with E-state index in [1.807, 2.05) is 35.8 Å². The molecule has 0 aromatic heterocycles. The van der Waals surface area contributed by atoms with Crippen LogP contribution in [0.25, 0.3) is 6.08 Å². The quantitative estimate of drug-likeness (QED) is 0.488. The lowest BCUT2D eigenvalue weighted by molar-refractivity contribution is -0.149. The molecule has 1 rings (SSSR count). The lowest BCUT2D eigenvalue weighted by Gasteiger charge is -2.10. The fourth-order valence-corrected chi connectivity index (χ4v) is 1.78. The Labute approximate surface area is 126 Å². The molecule has 1 atom stereocenters. The first-order valence-electron chi connectivity index (χ1n) is 6.05. The zero-order valence-electron chi connectivity index (χ0n) is 11.7. The standard InChI is InChI=1S/C14H16N2O4S/c1-9(13(18)16-14(15)19)20-12(17)8-5-10-3-6-11(21-2)7-4-10/h3-9H,1-2H3,(H3,15,16,18,19). The Kier molecular flexibility index (Phi) is 6.48. The average Bonchev–Trinajstić information content (AvgIpc) is 2.44. The minimum atomic E-state index is -1.10. The van der Waals surface area contributed by atoms with Gasteiger partial charge in [-0.1, -0.05) is 12.1 Å². The Morgan fingerprint density at radius 1 is 1.29 bits per heavy atom. The first-order valence-corrected chi connectivity index (χ1v) is 7.28. The van der Waals surface area contributed by atoms with Crippen LogP contribution in [0.3, 0.4) is 0 Å². The van der Waals surface area contributed by atoms with Gasteiger partial charge in [0.2, 0.25) is 0 Å². The number of primary amides is 1. The molecule has 3 amide bonds. The molecular weight excluding hydrogens is 292 g/mol. The fraction of sp³-hybridized carbons (Fsp3) is 0.214. The van der Waals surface area contributed by atoms with Gasteiger partial charge in [-0.2, -0.15) is 0 Å². The van der Waals surface area contributed by atoms with E-state index < -0.39 is 24.0 Å². The minimum Gasteiger partial charge on any atom is -0.449 e. The van der Waals surface area contributed by atoms with Crippen molar-refractivity contribution in [3.63, 3.8) is 0 Å². The van der Waals surface area contributed by atoms with E-state index in [2.05, 4.69) is 0 Å². The summed E-state index contributed by atoms with van der Waals surface area (Å²) in [5.41, 5.74) is 5.63. The first kappa shape index (κ1) is 16.8. The molecular formula is C14H16N2O4S. The van der Waals surface area contributed by atoms with Crippen molar-refractivity contribution >= 4 is 35.7 Å². The van der Waals surface area contributed by atoms with E-state index in [4.69, 9.17) is 10.5 Å². The number of thioether (sulfide) groups is 1. The molecule has 7 heteroatoms. The Hall–Kier alpha value is -2.28. The SMILES string of the molecule is CSc1ccc(C=CC(=O)OC(C)C(=O)NC(N)=O)cc1. The third-order valence-electron chi connectivity index (χ3n) is 2.44. The van der Waals surface area contributed by atoms with Crippen molar-refractivity contribution in [3.05, 3.63) is 35.9 Å². The maximum absolute atomic E-state index is 11.5. The highest BCUT2D eigenvalue weighted by atomic mass is 32.2. The van der Waals surface area contributed by atoms with E-state index in [1.54, 1.807) is 17.8 Å². The van der Waals surface area contributed by atoms with Crippen LogP contribution >= 0.6 is 11.8 Å². The number of carbonyl (C=O) groups excluding carboxylic acids is 3. The molecule has 1 aromatic rings. The summed E-state index contributed by atoms with van der Waals surface area (Å²) in [7, 11) is 0. The average molecular weight is 308 g/mol. The number of rotatable bonds is 5. The van der Waals surface area contributed by atoms with Crippen molar-refractivity contribution < 1.29 is 19.1 Å². The molecule has 0 spiro atoms. The molecule has 0 heterocycles. The molecule has 0 saturated heterocycles. The van der Waals surface area contributed by atoms with Gasteiger partial charge >= 0.3 is 12.0 Å². The third kappa shape index (κ3) is 6.13. The molecule has 0 aliphatic carbocycles. The highest BCUT2D eigenvalue weighted by molar-refractivity contribution is 7.98. The fourth-order valence-electron chi connectivity index (χ4n) is 1.37. The smallest absolute Gasteiger partial charge is 0.331 e. The Morgan fingerprint density at radius 2 is 1.90 bits per heavy atom. The second-order valence-electron chi connectivity index (χ2n) is 4.04. The van der Waals surface area contributed by atoms with Crippen molar-refractivity contribution in [1.82, 2.24) is 5.32 Å². The molecule has 0 aliphatic heterocycles. The number of benzene rings is 1. The molecule has 3 N–H and O–H groups in total. The lowest BCUT2D eigenvalue weighted by atomic mass is 10.2. The van der Waals surface area contributed by atoms with Crippen molar-refractivity contribution in [1.29, 1.82) is 0 Å². The van der Waals surface area contributed by atoms with Gasteiger partial charge < -0.3 is 10.5 Å². The van der Waals surface area contributed by atoms with Crippen LogP contribution in [-0.2, 0) is 14.3 Å². The molecule has 0 radical (unpaired) electrons. The van der Waals surface area contributed by atoms with Crippen molar-refractivity contribution in [2.24, 2.45) is 5.73 Å². The van der Waals surface area contributed by atoms with Crippen molar-refractivity contribution in [3.8, 4) is 0 Å². The Balaban J connectivity index is 2.53. The first-order chi connectivity index (χ1) is 9.92. The van der Waals surface area contributed by atoms with Crippen LogP contribution in [0.2, 0.25) is 0 Å². The maximum Gasteiger partial charge on any atom is 0.331 e. The zero-order chi connectivity index (χ0) is 15.8. The lowest BCUT2D eigenvalue weighted by Crippen LogP contribution is -2.42. The van der Waals surface area contributed by atoms with E-state index in [1.165, 1.54) is 13.0 Å². The number of hydrogen-bond donors (Lipinski definition) is 2. The third-order valence-corrected chi connectivity index (χ3v) is 3.18. The molecule has 1 unspecified atom stereocenters. The van der Waals surface area contributed by atoms with Crippen LogP contribution in [0.4, 0.5) is 4.79 Å². The van der Waals surface area contributed by atoms with Crippen LogP contribution in [0.5, 0.6) is 0 Å². The van der Waals surface area contributed by atoms with E-state index in [9.17, 15) is 14.4 Å². The summed E-state index contributed by atoms with van der Waals surface area (Å²) in [6, 6.07) is 6.59. The van der Waals surface area contributed by atoms with Gasteiger partial charge in [-0.15, -0.1) is 11.8 Å². The molecule has 0 bridgehead atoms. The van der Waals surface area contributed by atoms with Gasteiger partial charge in [0.25, 0.3) is 5.91 Å². The summed E-state index contributed by atoms with van der Waals surface area (Å²) in [6.45, 7) is 1.34. The second-order valence-corrected chi connectivity index (χ2v) is 4.92. The summed E-state index contributed by atoms with van der Waals surface area (Å²) in [5.74, 6) is -1.45. The highest BCUT2D eigenvalue weighted by Crippen LogP contribution is 2.15. The van der Waals surface area contributed by atoms with E-state index in [0.717, 1.165) is 10.5 Å². The van der Waals surface area contributed by atoms with E-state index in [0.29, 0.717) is 0 Å². The van der Waals surface area contributed by atoms with E-state index >= 15 is 0 Å². The summed E-state index contributed by atoms with van der Waals surface area (Å²) < 4.78 is 4.83. The predicted molar refractivity (Wildman–Crippen MR) is 80.5 cm³/mol. The number of hydrogen-bond acceptors (Lipinski definition) is 5. The number of nitrogens with one attached hydrogen (secondary N) is 1. The number of esters is 1. The van der Waals surface area contributed by atoms with Crippen molar-refractivity contribution in [2.75, 3.05) is 6.26 Å². The molecule has 112 valence electrons. The summed E-state index contributed by atoms with van der Waals surface area (Å²) in [4.78, 5) is 34.5. The number of nitrogens with two attached hydrogens (primary N) is 1. The number of amides is 3. The molecule has 1 aromatic carbocycles. The second kappa shape index (κ2) is 8.11. The Morgan fingerprint density at radius 3 is 2.43 bits per heavy atom. The van der Waals surface area contributed by atoms with Gasteiger partial charge in [0.15, 0.2) is 6.10 Å². The van der Waals surface area contributed by atoms with Crippen LogP contribution in [0.1, 0.15) is 12.5 Å². The number of carbonyl (C=O) groups is 3. The van der Waals surface area contributed by atoms with Gasteiger partial charge in [0.05, 0.1) is 0 Å². The monoisotopic (exact) mass is 308 g/mol. The van der Waals surface area contributed by atoms with Crippen LogP contribution in [-0.4, -0.2) is 30.3 Å². The highest BCUT2D eigenvalue weighted by Gasteiger charge is 2.17. The molecule has 0 aliphatic rings. The van der Waals surface area contributed by atoms with Gasteiger partial charge in [-0.05, 0) is 37.0 Å². The van der Waals surface area contributed by atoms with E-state index in [-0.39, 0.29) is 0 Å². The van der Waals surface area contributed by atoms with Gasteiger partial charge in [-0.25, -0.2) is 9.59 Å². The topological polar surface area (TPSA) is 98.5 Å². The molecule has 0 fully saturated rings. The van der Waals surface area contributed by atoms with Crippen molar-refractivity contribution in [2.45, 2.75) is 17.9 Å². The van der Waals surface area contributed by atoms with Gasteiger partial charge in [0, 0.05) is 11.0 Å². The van der Waals surface area contributed by atoms with Gasteiger partial charge in [-0.3, -0.25) is 10.1 Å².